The van der Waals surface area contributed by atoms with E-state index >= 15 is 0 Å². The van der Waals surface area contributed by atoms with Crippen LogP contribution in [0.5, 0.6) is 0 Å². The summed E-state index contributed by atoms with van der Waals surface area (Å²) in [4.78, 5) is 11.7. The van der Waals surface area contributed by atoms with Crippen molar-refractivity contribution >= 4 is 5.97 Å². The second-order valence-electron chi connectivity index (χ2n) is 7.42. The molecule has 0 aromatic rings. The normalized spacial score (nSPS) is 13.7. The standard InChI is InChI=1S/C25H42O2/c1-5-6-7-8-9-10-11-12-13-14-15-16-17-18-19-20-21-22-25(26)27-24(4)23(2)3/h9-10,12-13,15-16,18-19,23-24H,5-8,11,14,17,20-22H2,1-4H3/b10-9-,13-12-,16-15-,19-18-. The van der Waals surface area contributed by atoms with Gasteiger partial charge < -0.3 is 4.74 Å². The summed E-state index contributed by atoms with van der Waals surface area (Å²) in [7, 11) is 0. The highest BCUT2D eigenvalue weighted by Gasteiger charge is 2.11. The second-order valence-corrected chi connectivity index (χ2v) is 7.42. The minimum atomic E-state index is -0.0768. The molecule has 0 aliphatic rings. The monoisotopic (exact) mass is 374 g/mol. The number of esters is 1. The van der Waals surface area contributed by atoms with Gasteiger partial charge in [0.1, 0.15) is 6.10 Å². The van der Waals surface area contributed by atoms with Crippen LogP contribution in [0.4, 0.5) is 0 Å². The zero-order chi connectivity index (χ0) is 20.2. The molecule has 2 heteroatoms. The van der Waals surface area contributed by atoms with Crippen LogP contribution in [-0.2, 0) is 9.53 Å². The van der Waals surface area contributed by atoms with E-state index in [0.29, 0.717) is 12.3 Å². The van der Waals surface area contributed by atoms with Gasteiger partial charge in [-0.3, -0.25) is 4.79 Å². The molecule has 0 bridgehead atoms. The molecule has 0 fully saturated rings. The fraction of sp³-hybridized carbons (Fsp3) is 0.640. The highest BCUT2D eigenvalue weighted by atomic mass is 16.5. The number of allylic oxidation sites excluding steroid dienone is 8. The van der Waals surface area contributed by atoms with E-state index < -0.39 is 0 Å². The van der Waals surface area contributed by atoms with E-state index in [2.05, 4.69) is 69.4 Å². The molecule has 0 aliphatic heterocycles. The lowest BCUT2D eigenvalue weighted by Crippen LogP contribution is -2.19. The minimum absolute atomic E-state index is 0.00838. The van der Waals surface area contributed by atoms with E-state index in [1.807, 2.05) is 6.92 Å². The highest BCUT2D eigenvalue weighted by Crippen LogP contribution is 2.08. The van der Waals surface area contributed by atoms with Crippen molar-refractivity contribution in [2.45, 2.75) is 98.0 Å². The van der Waals surface area contributed by atoms with E-state index in [1.165, 1.54) is 25.7 Å². The van der Waals surface area contributed by atoms with Gasteiger partial charge in [0.15, 0.2) is 0 Å². The topological polar surface area (TPSA) is 26.3 Å². The van der Waals surface area contributed by atoms with Gasteiger partial charge in [-0.2, -0.15) is 0 Å². The summed E-state index contributed by atoms with van der Waals surface area (Å²) in [5.41, 5.74) is 0. The molecule has 2 nitrogen and oxygen atoms in total. The first-order valence-corrected chi connectivity index (χ1v) is 10.9. The lowest BCUT2D eigenvalue weighted by atomic mass is 10.1. The molecule has 0 rings (SSSR count). The number of carbonyl (C=O) groups is 1. The molecule has 1 atom stereocenters. The maximum Gasteiger partial charge on any atom is 0.306 e. The smallest absolute Gasteiger partial charge is 0.306 e. The Balaban J connectivity index is 3.55. The third kappa shape index (κ3) is 19.0. The molecule has 0 saturated heterocycles. The predicted molar refractivity (Wildman–Crippen MR) is 119 cm³/mol. The maximum atomic E-state index is 11.7. The first-order valence-electron chi connectivity index (χ1n) is 10.9. The van der Waals surface area contributed by atoms with E-state index in [0.717, 1.165) is 32.1 Å². The molecule has 27 heavy (non-hydrogen) atoms. The molecule has 0 spiro atoms. The first kappa shape index (κ1) is 25.4. The average molecular weight is 375 g/mol. The van der Waals surface area contributed by atoms with E-state index in [9.17, 15) is 4.79 Å². The summed E-state index contributed by atoms with van der Waals surface area (Å²) in [5.74, 6) is 0.301. The molecule has 154 valence electrons. The third-order valence-electron chi connectivity index (χ3n) is 4.47. The molecule has 0 saturated carbocycles. The second kappa shape index (κ2) is 19.2. The number of hydrogen-bond donors (Lipinski definition) is 0. The Bertz CT molecular complexity index is 455. The molecular formula is C25H42O2. The quantitative estimate of drug-likeness (QED) is 0.157. The Labute approximate surface area is 168 Å². The van der Waals surface area contributed by atoms with Gasteiger partial charge in [0.05, 0.1) is 0 Å². The molecule has 0 aromatic carbocycles. The summed E-state index contributed by atoms with van der Waals surface area (Å²) in [6, 6.07) is 0. The fourth-order valence-electron chi connectivity index (χ4n) is 2.33. The fourth-order valence-corrected chi connectivity index (χ4v) is 2.33. The highest BCUT2D eigenvalue weighted by molar-refractivity contribution is 5.69. The number of ether oxygens (including phenoxy) is 1. The van der Waals surface area contributed by atoms with Crippen molar-refractivity contribution in [3.63, 3.8) is 0 Å². The van der Waals surface area contributed by atoms with Crippen LogP contribution in [-0.4, -0.2) is 12.1 Å². The molecule has 1 unspecified atom stereocenters. The summed E-state index contributed by atoms with van der Waals surface area (Å²) in [5, 5.41) is 0. The van der Waals surface area contributed by atoms with E-state index in [4.69, 9.17) is 4.74 Å². The van der Waals surface area contributed by atoms with Crippen molar-refractivity contribution in [2.75, 3.05) is 0 Å². The van der Waals surface area contributed by atoms with E-state index in [1.54, 1.807) is 0 Å². The summed E-state index contributed by atoms with van der Waals surface area (Å²) in [6.45, 7) is 8.33. The first-order chi connectivity index (χ1) is 13.1. The van der Waals surface area contributed by atoms with Crippen molar-refractivity contribution in [2.24, 2.45) is 5.92 Å². The Kier molecular flexibility index (Phi) is 18.1. The molecule has 0 aromatic heterocycles. The summed E-state index contributed by atoms with van der Waals surface area (Å²) >= 11 is 0. The van der Waals surface area contributed by atoms with Gasteiger partial charge in [-0.25, -0.2) is 0 Å². The lowest BCUT2D eigenvalue weighted by Gasteiger charge is -2.16. The summed E-state index contributed by atoms with van der Waals surface area (Å²) in [6.07, 6.45) is 28.2. The Morgan fingerprint density at radius 2 is 1.22 bits per heavy atom. The molecule has 0 radical (unpaired) electrons. The zero-order valence-corrected chi connectivity index (χ0v) is 18.2. The molecular weight excluding hydrogens is 332 g/mol. The summed E-state index contributed by atoms with van der Waals surface area (Å²) < 4.78 is 5.36. The van der Waals surface area contributed by atoms with Crippen LogP contribution >= 0.6 is 0 Å². The number of carbonyl (C=O) groups excluding carboxylic acids is 1. The number of rotatable bonds is 16. The average Bonchev–Trinajstić information content (AvgIpc) is 2.64. The minimum Gasteiger partial charge on any atom is -0.462 e. The molecule has 0 heterocycles. The SMILES string of the molecule is CCCCC/C=C\C/C=C\C/C=C\C/C=C\CCCC(=O)OC(C)C(C)C. The van der Waals surface area contributed by atoms with Crippen molar-refractivity contribution in [3.8, 4) is 0 Å². The molecule has 0 aliphatic carbocycles. The Morgan fingerprint density at radius 3 is 1.70 bits per heavy atom. The predicted octanol–water partition coefficient (Wildman–Crippen LogP) is 7.72. The third-order valence-corrected chi connectivity index (χ3v) is 4.47. The lowest BCUT2D eigenvalue weighted by molar-refractivity contribution is -0.150. The van der Waals surface area contributed by atoms with Gasteiger partial charge in [0.25, 0.3) is 0 Å². The van der Waals surface area contributed by atoms with Crippen LogP contribution in [0.3, 0.4) is 0 Å². The zero-order valence-electron chi connectivity index (χ0n) is 18.2. The molecule has 0 N–H and O–H groups in total. The number of unbranched alkanes of at least 4 members (excludes halogenated alkanes) is 4. The Hall–Kier alpha value is -1.57. The largest absolute Gasteiger partial charge is 0.462 e. The van der Waals surface area contributed by atoms with Gasteiger partial charge in [-0.05, 0) is 57.8 Å². The van der Waals surface area contributed by atoms with E-state index in [-0.39, 0.29) is 12.1 Å². The van der Waals surface area contributed by atoms with Crippen LogP contribution in [0, 0.1) is 5.92 Å². The van der Waals surface area contributed by atoms with Gasteiger partial charge in [0.2, 0.25) is 0 Å². The maximum absolute atomic E-state index is 11.7. The van der Waals surface area contributed by atoms with Crippen LogP contribution in [0.1, 0.15) is 91.9 Å². The van der Waals surface area contributed by atoms with Crippen molar-refractivity contribution in [1.29, 1.82) is 0 Å². The number of hydrogen-bond acceptors (Lipinski definition) is 2. The van der Waals surface area contributed by atoms with Crippen molar-refractivity contribution in [3.05, 3.63) is 48.6 Å². The van der Waals surface area contributed by atoms with Crippen molar-refractivity contribution < 1.29 is 9.53 Å². The van der Waals surface area contributed by atoms with Gasteiger partial charge in [0, 0.05) is 6.42 Å². The Morgan fingerprint density at radius 1 is 0.741 bits per heavy atom. The molecule has 0 amide bonds. The van der Waals surface area contributed by atoms with Gasteiger partial charge in [-0.1, -0.05) is 82.2 Å². The van der Waals surface area contributed by atoms with Gasteiger partial charge in [-0.15, -0.1) is 0 Å². The van der Waals surface area contributed by atoms with Crippen molar-refractivity contribution in [1.82, 2.24) is 0 Å². The van der Waals surface area contributed by atoms with Gasteiger partial charge >= 0.3 is 5.97 Å². The van der Waals surface area contributed by atoms with Crippen LogP contribution < -0.4 is 0 Å². The van der Waals surface area contributed by atoms with Crippen LogP contribution in [0.25, 0.3) is 0 Å². The van der Waals surface area contributed by atoms with Crippen LogP contribution in [0.2, 0.25) is 0 Å². The van der Waals surface area contributed by atoms with Crippen LogP contribution in [0.15, 0.2) is 48.6 Å².